The van der Waals surface area contributed by atoms with Crippen molar-refractivity contribution in [2.45, 2.75) is 17.8 Å². The van der Waals surface area contributed by atoms with Crippen LogP contribution in [-0.2, 0) is 12.8 Å². The lowest BCUT2D eigenvalue weighted by Crippen LogP contribution is -2.12. The van der Waals surface area contributed by atoms with Crippen LogP contribution in [-0.4, -0.2) is 39.0 Å². The Morgan fingerprint density at radius 2 is 1.97 bits per heavy atom. The minimum Gasteiger partial charge on any atom is -0.493 e. The second kappa shape index (κ2) is 7.63. The van der Waals surface area contributed by atoms with Crippen molar-refractivity contribution < 1.29 is 13.9 Å². The molecule has 4 aromatic rings. The number of aromatic amines is 1. The number of furan rings is 1. The summed E-state index contributed by atoms with van der Waals surface area (Å²) < 4.78 is 17.8. The molecule has 0 aliphatic carbocycles. The van der Waals surface area contributed by atoms with Gasteiger partial charge in [-0.15, -0.1) is 10.2 Å². The number of hydrogen-bond acceptors (Lipinski definition) is 8. The Labute approximate surface area is 170 Å². The number of rotatable bonds is 6. The van der Waals surface area contributed by atoms with Crippen LogP contribution in [0.5, 0.6) is 11.5 Å². The van der Waals surface area contributed by atoms with Gasteiger partial charge in [0, 0.05) is 13.1 Å². The van der Waals surface area contributed by atoms with Crippen LogP contribution >= 0.6 is 11.8 Å². The maximum atomic E-state index is 12.5. The minimum absolute atomic E-state index is 0.237. The molecule has 1 N–H and O–H groups in total. The molecule has 0 aliphatic heterocycles. The van der Waals surface area contributed by atoms with E-state index in [1.165, 1.54) is 18.9 Å². The average Bonchev–Trinajstić information content (AvgIpc) is 3.30. The summed E-state index contributed by atoms with van der Waals surface area (Å²) >= 11 is 1.43. The van der Waals surface area contributed by atoms with Crippen molar-refractivity contribution >= 4 is 22.7 Å². The number of hydrogen-bond donors (Lipinski definition) is 1. The van der Waals surface area contributed by atoms with E-state index in [0.717, 1.165) is 17.1 Å². The third-order valence-corrected chi connectivity index (χ3v) is 5.56. The zero-order valence-electron chi connectivity index (χ0n) is 16.3. The van der Waals surface area contributed by atoms with E-state index in [2.05, 4.69) is 20.2 Å². The zero-order chi connectivity index (χ0) is 20.5. The molecule has 0 bridgehead atoms. The number of H-pyrrole nitrogens is 1. The first kappa shape index (κ1) is 19.1. The Morgan fingerprint density at radius 1 is 1.21 bits per heavy atom. The standard InChI is InChI=1S/C19H19N5O4S/c1-10-11(5-6-28-10)17-22-23-19(24(17)2)29-9-16-20-13-8-15(27-4)14(26-3)7-12(13)18(25)21-16/h5-8H,9H2,1-4H3,(H,20,21,25). The molecule has 4 rings (SSSR count). The van der Waals surface area contributed by atoms with Gasteiger partial charge in [0.15, 0.2) is 22.5 Å². The topological polar surface area (TPSA) is 108 Å². The molecule has 3 heterocycles. The van der Waals surface area contributed by atoms with Crippen LogP contribution in [0.1, 0.15) is 11.6 Å². The number of nitrogens with one attached hydrogen (secondary N) is 1. The third kappa shape index (κ3) is 3.46. The van der Waals surface area contributed by atoms with E-state index in [4.69, 9.17) is 13.9 Å². The van der Waals surface area contributed by atoms with E-state index in [9.17, 15) is 4.79 Å². The maximum absolute atomic E-state index is 12.5. The highest BCUT2D eigenvalue weighted by Gasteiger charge is 2.16. The Bertz CT molecular complexity index is 1240. The van der Waals surface area contributed by atoms with Gasteiger partial charge in [0.25, 0.3) is 5.56 Å². The Morgan fingerprint density at radius 3 is 2.66 bits per heavy atom. The summed E-state index contributed by atoms with van der Waals surface area (Å²) in [6.45, 7) is 1.88. The molecule has 1 aromatic carbocycles. The van der Waals surface area contributed by atoms with E-state index >= 15 is 0 Å². The smallest absolute Gasteiger partial charge is 0.258 e. The van der Waals surface area contributed by atoms with Gasteiger partial charge >= 0.3 is 0 Å². The monoisotopic (exact) mass is 413 g/mol. The van der Waals surface area contributed by atoms with E-state index in [1.807, 2.05) is 24.6 Å². The molecular formula is C19H19N5O4S. The van der Waals surface area contributed by atoms with Crippen LogP contribution in [0.3, 0.4) is 0 Å². The van der Waals surface area contributed by atoms with Crippen molar-refractivity contribution in [2.24, 2.45) is 7.05 Å². The first-order valence-electron chi connectivity index (χ1n) is 8.73. The SMILES string of the molecule is COc1cc2nc(CSc3nnc(-c4ccoc4C)n3C)[nH]c(=O)c2cc1OC. The van der Waals surface area contributed by atoms with Crippen molar-refractivity contribution in [3.8, 4) is 22.9 Å². The van der Waals surface area contributed by atoms with Gasteiger partial charge in [-0.25, -0.2) is 4.98 Å². The highest BCUT2D eigenvalue weighted by Crippen LogP contribution is 2.31. The van der Waals surface area contributed by atoms with Gasteiger partial charge in [0.1, 0.15) is 11.6 Å². The molecule has 0 atom stereocenters. The maximum Gasteiger partial charge on any atom is 0.258 e. The molecule has 10 heteroatoms. The molecule has 9 nitrogen and oxygen atoms in total. The summed E-state index contributed by atoms with van der Waals surface area (Å²) in [6, 6.07) is 5.18. The van der Waals surface area contributed by atoms with Gasteiger partial charge in [-0.3, -0.25) is 4.79 Å². The summed E-state index contributed by atoms with van der Waals surface area (Å²) in [5.41, 5.74) is 1.19. The summed E-state index contributed by atoms with van der Waals surface area (Å²) in [6.07, 6.45) is 1.62. The number of aromatic nitrogens is 5. The van der Waals surface area contributed by atoms with Gasteiger partial charge in [-0.2, -0.15) is 0 Å². The van der Waals surface area contributed by atoms with Crippen LogP contribution in [0.15, 0.2) is 38.8 Å². The minimum atomic E-state index is -0.237. The number of methoxy groups -OCH3 is 2. The van der Waals surface area contributed by atoms with E-state index < -0.39 is 0 Å². The number of thioether (sulfide) groups is 1. The second-order valence-corrected chi connectivity index (χ2v) is 7.22. The molecule has 3 aromatic heterocycles. The van der Waals surface area contributed by atoms with Crippen LogP contribution in [0.4, 0.5) is 0 Å². The largest absolute Gasteiger partial charge is 0.493 e. The van der Waals surface area contributed by atoms with Crippen LogP contribution < -0.4 is 15.0 Å². The fourth-order valence-corrected chi connectivity index (χ4v) is 3.79. The van der Waals surface area contributed by atoms with Crippen LogP contribution in [0, 0.1) is 6.92 Å². The lowest BCUT2D eigenvalue weighted by Gasteiger charge is -2.09. The third-order valence-electron chi connectivity index (χ3n) is 4.53. The Balaban J connectivity index is 1.61. The molecule has 0 aliphatic rings. The fraction of sp³-hybridized carbons (Fsp3) is 0.263. The van der Waals surface area contributed by atoms with Crippen molar-refractivity contribution in [3.63, 3.8) is 0 Å². The van der Waals surface area contributed by atoms with Crippen LogP contribution in [0.2, 0.25) is 0 Å². The number of benzene rings is 1. The normalized spacial score (nSPS) is 11.2. The van der Waals surface area contributed by atoms with Crippen molar-refractivity contribution in [1.29, 1.82) is 0 Å². The van der Waals surface area contributed by atoms with Gasteiger partial charge in [-0.1, -0.05) is 11.8 Å². The molecule has 0 spiro atoms. The molecule has 29 heavy (non-hydrogen) atoms. The van der Waals surface area contributed by atoms with Crippen molar-refractivity contribution in [1.82, 2.24) is 24.7 Å². The number of aryl methyl sites for hydroxylation is 1. The van der Waals surface area contributed by atoms with Gasteiger partial charge in [0.2, 0.25) is 0 Å². The number of fused-ring (bicyclic) bond motifs is 1. The lowest BCUT2D eigenvalue weighted by molar-refractivity contribution is 0.355. The number of ether oxygens (including phenoxy) is 2. The molecular weight excluding hydrogens is 394 g/mol. The second-order valence-electron chi connectivity index (χ2n) is 6.28. The van der Waals surface area contributed by atoms with Gasteiger partial charge in [0.05, 0.1) is 42.7 Å². The predicted molar refractivity (Wildman–Crippen MR) is 108 cm³/mol. The molecule has 0 saturated heterocycles. The molecule has 150 valence electrons. The first-order valence-corrected chi connectivity index (χ1v) is 9.72. The summed E-state index contributed by atoms with van der Waals surface area (Å²) in [5, 5.41) is 9.63. The highest BCUT2D eigenvalue weighted by atomic mass is 32.2. The molecule has 0 fully saturated rings. The number of nitrogens with zero attached hydrogens (tertiary/aromatic N) is 4. The molecule has 0 unspecified atom stereocenters. The van der Waals surface area contributed by atoms with Crippen LogP contribution in [0.25, 0.3) is 22.3 Å². The Hall–Kier alpha value is -3.27. The summed E-state index contributed by atoms with van der Waals surface area (Å²) in [7, 11) is 4.95. The lowest BCUT2D eigenvalue weighted by atomic mass is 10.2. The highest BCUT2D eigenvalue weighted by molar-refractivity contribution is 7.98. The molecule has 0 radical (unpaired) electrons. The average molecular weight is 413 g/mol. The quantitative estimate of drug-likeness (QED) is 0.481. The Kier molecular flexibility index (Phi) is 5.01. The van der Waals surface area contributed by atoms with E-state index in [-0.39, 0.29) is 5.56 Å². The van der Waals surface area contributed by atoms with E-state index in [0.29, 0.717) is 39.1 Å². The van der Waals surface area contributed by atoms with Crippen molar-refractivity contribution in [3.05, 3.63) is 46.4 Å². The molecule has 0 amide bonds. The first-order chi connectivity index (χ1) is 14.0. The summed E-state index contributed by atoms with van der Waals surface area (Å²) in [5.74, 6) is 3.46. The zero-order valence-corrected chi connectivity index (χ0v) is 17.2. The van der Waals surface area contributed by atoms with Gasteiger partial charge in [-0.05, 0) is 19.1 Å². The molecule has 0 saturated carbocycles. The van der Waals surface area contributed by atoms with Gasteiger partial charge < -0.3 is 23.4 Å². The fourth-order valence-electron chi connectivity index (χ4n) is 3.01. The summed E-state index contributed by atoms with van der Waals surface area (Å²) in [4.78, 5) is 19.9. The van der Waals surface area contributed by atoms with E-state index in [1.54, 1.807) is 25.5 Å². The van der Waals surface area contributed by atoms with Crippen molar-refractivity contribution in [2.75, 3.05) is 14.2 Å². The predicted octanol–water partition coefficient (Wildman–Crippen LogP) is 2.93.